The molecule has 204 valence electrons. The Hall–Kier alpha value is -0.620. The van der Waals surface area contributed by atoms with Crippen molar-refractivity contribution in [1.82, 2.24) is 0 Å². The summed E-state index contributed by atoms with van der Waals surface area (Å²) in [5, 5.41) is 0. The van der Waals surface area contributed by atoms with E-state index in [1.165, 1.54) is 89.9 Å². The normalized spacial score (nSPS) is 29.1. The van der Waals surface area contributed by atoms with E-state index in [2.05, 4.69) is 13.0 Å². The smallest absolute Gasteiger partial charge is 0.164 e. The van der Waals surface area contributed by atoms with Crippen molar-refractivity contribution in [2.75, 3.05) is 6.61 Å². The van der Waals surface area contributed by atoms with Crippen LogP contribution in [0, 0.1) is 0 Å². The molecule has 0 aliphatic carbocycles. The molecule has 2 fully saturated rings. The summed E-state index contributed by atoms with van der Waals surface area (Å²) in [6, 6.07) is 0. The van der Waals surface area contributed by atoms with Gasteiger partial charge in [0.2, 0.25) is 0 Å². The van der Waals surface area contributed by atoms with Gasteiger partial charge in [-0.15, -0.1) is 0 Å². The minimum absolute atomic E-state index is 0.0811. The summed E-state index contributed by atoms with van der Waals surface area (Å²) in [6.07, 6.45) is 23.2. The van der Waals surface area contributed by atoms with Gasteiger partial charge in [0, 0.05) is 6.42 Å². The Balaban J connectivity index is 1.26. The Morgan fingerprint density at radius 1 is 0.657 bits per heavy atom. The largest absolute Gasteiger partial charge is 0.489 e. The Morgan fingerprint density at radius 3 is 1.71 bits per heavy atom. The molecule has 0 aromatic rings. The highest BCUT2D eigenvalue weighted by atomic mass is 16.8. The summed E-state index contributed by atoms with van der Waals surface area (Å²) in [4.78, 5) is 0. The van der Waals surface area contributed by atoms with E-state index in [-0.39, 0.29) is 24.4 Å². The van der Waals surface area contributed by atoms with Crippen LogP contribution in [0.1, 0.15) is 137 Å². The quantitative estimate of drug-likeness (QED) is 0.191. The first-order valence-electron chi connectivity index (χ1n) is 14.8. The maximum absolute atomic E-state index is 6.44. The zero-order valence-corrected chi connectivity index (χ0v) is 23.4. The predicted molar refractivity (Wildman–Crippen MR) is 141 cm³/mol. The van der Waals surface area contributed by atoms with E-state index < -0.39 is 11.6 Å². The van der Waals surface area contributed by atoms with Crippen molar-refractivity contribution < 1.29 is 23.7 Å². The van der Waals surface area contributed by atoms with E-state index in [9.17, 15) is 0 Å². The van der Waals surface area contributed by atoms with Crippen LogP contribution in [0.2, 0.25) is 0 Å². The van der Waals surface area contributed by atoms with Gasteiger partial charge in [0.05, 0.1) is 12.4 Å². The van der Waals surface area contributed by atoms with E-state index in [1.807, 2.05) is 27.7 Å². The number of ether oxygens (including phenoxy) is 5. The molecule has 3 aliphatic heterocycles. The molecule has 4 atom stereocenters. The fraction of sp³-hybridized carbons (Fsp3) is 0.933. The van der Waals surface area contributed by atoms with Crippen LogP contribution in [-0.2, 0) is 23.7 Å². The second kappa shape index (κ2) is 14.4. The molecule has 5 heteroatoms. The average Bonchev–Trinajstić information content (AvgIpc) is 3.32. The summed E-state index contributed by atoms with van der Waals surface area (Å²) in [7, 11) is 0. The fourth-order valence-electron chi connectivity index (χ4n) is 5.64. The summed E-state index contributed by atoms with van der Waals surface area (Å²) >= 11 is 0. The van der Waals surface area contributed by atoms with Crippen LogP contribution in [0.3, 0.4) is 0 Å². The Kier molecular flexibility index (Phi) is 11.9. The van der Waals surface area contributed by atoms with Crippen molar-refractivity contribution in [3.8, 4) is 0 Å². The topological polar surface area (TPSA) is 46.2 Å². The van der Waals surface area contributed by atoms with E-state index in [0.717, 1.165) is 18.6 Å². The first-order valence-corrected chi connectivity index (χ1v) is 14.8. The summed E-state index contributed by atoms with van der Waals surface area (Å²) in [6.45, 7) is 10.7. The number of hydrogen-bond donors (Lipinski definition) is 0. The molecule has 0 spiro atoms. The molecule has 0 aromatic carbocycles. The zero-order chi connectivity index (χ0) is 25.2. The lowest BCUT2D eigenvalue weighted by molar-refractivity contribution is -0.182. The monoisotopic (exact) mass is 494 g/mol. The predicted octanol–water partition coefficient (Wildman–Crippen LogP) is 8.20. The maximum Gasteiger partial charge on any atom is 0.164 e. The Morgan fingerprint density at radius 2 is 1.20 bits per heavy atom. The first-order chi connectivity index (χ1) is 16.8. The zero-order valence-electron chi connectivity index (χ0n) is 23.4. The van der Waals surface area contributed by atoms with Crippen molar-refractivity contribution in [1.29, 1.82) is 0 Å². The standard InChI is InChI=1S/C30H54O5/c1-6-7-8-9-10-11-12-13-14-15-16-17-18-19-20-21-24-22-25-28(35-30(4,5)33-25)27(32-24)26-23-31-29(2,3)34-26/h22,25-28H,6-21,23H2,1-5H3/t25-,26-,27-,28-/m1/s1. The van der Waals surface area contributed by atoms with E-state index in [0.29, 0.717) is 6.61 Å². The molecule has 0 unspecified atom stereocenters. The fourth-order valence-corrected chi connectivity index (χ4v) is 5.64. The van der Waals surface area contributed by atoms with Crippen molar-refractivity contribution >= 4 is 0 Å². The number of rotatable bonds is 17. The van der Waals surface area contributed by atoms with Crippen LogP contribution in [-0.4, -0.2) is 42.6 Å². The third-order valence-corrected chi connectivity index (χ3v) is 7.55. The molecule has 3 rings (SSSR count). The molecule has 0 aromatic heterocycles. The van der Waals surface area contributed by atoms with Gasteiger partial charge in [-0.05, 0) is 40.2 Å². The Labute approximate surface area is 215 Å². The number of allylic oxidation sites excluding steroid dienone is 1. The molecule has 2 saturated heterocycles. The molecular weight excluding hydrogens is 440 g/mol. The van der Waals surface area contributed by atoms with Gasteiger partial charge >= 0.3 is 0 Å². The molecule has 0 amide bonds. The lowest BCUT2D eigenvalue weighted by Gasteiger charge is -2.35. The van der Waals surface area contributed by atoms with Gasteiger partial charge in [0.15, 0.2) is 17.7 Å². The number of hydrogen-bond acceptors (Lipinski definition) is 5. The molecular formula is C30H54O5. The van der Waals surface area contributed by atoms with Gasteiger partial charge < -0.3 is 23.7 Å². The second-order valence-electron chi connectivity index (χ2n) is 11.8. The van der Waals surface area contributed by atoms with Crippen molar-refractivity contribution in [3.63, 3.8) is 0 Å². The van der Waals surface area contributed by atoms with Crippen molar-refractivity contribution in [3.05, 3.63) is 11.8 Å². The molecule has 0 saturated carbocycles. The minimum Gasteiger partial charge on any atom is -0.489 e. The Bertz CT molecular complexity index is 628. The minimum atomic E-state index is -0.605. The highest BCUT2D eigenvalue weighted by molar-refractivity contribution is 5.12. The van der Waals surface area contributed by atoms with E-state index >= 15 is 0 Å². The number of fused-ring (bicyclic) bond motifs is 1. The summed E-state index contributed by atoms with van der Waals surface area (Å²) in [5.74, 6) is -0.152. The molecule has 0 radical (unpaired) electrons. The van der Waals surface area contributed by atoms with Crippen LogP contribution in [0.15, 0.2) is 11.8 Å². The second-order valence-corrected chi connectivity index (χ2v) is 11.8. The third kappa shape index (κ3) is 9.98. The van der Waals surface area contributed by atoms with Crippen LogP contribution in [0.25, 0.3) is 0 Å². The highest BCUT2D eigenvalue weighted by Gasteiger charge is 2.53. The van der Waals surface area contributed by atoms with Crippen molar-refractivity contribution in [2.45, 2.75) is 173 Å². The van der Waals surface area contributed by atoms with E-state index in [1.54, 1.807) is 0 Å². The lowest BCUT2D eigenvalue weighted by atomic mass is 9.98. The third-order valence-electron chi connectivity index (χ3n) is 7.55. The number of unbranched alkanes of at least 4 members (excludes halogenated alkanes) is 14. The first kappa shape index (κ1) is 28.9. The summed E-state index contributed by atoms with van der Waals surface area (Å²) < 4.78 is 30.8. The van der Waals surface area contributed by atoms with Crippen molar-refractivity contribution in [2.24, 2.45) is 0 Å². The van der Waals surface area contributed by atoms with Crippen LogP contribution in [0.5, 0.6) is 0 Å². The molecule has 5 nitrogen and oxygen atoms in total. The van der Waals surface area contributed by atoms with Crippen LogP contribution < -0.4 is 0 Å². The van der Waals surface area contributed by atoms with Crippen LogP contribution in [0.4, 0.5) is 0 Å². The molecule has 3 aliphatic rings. The van der Waals surface area contributed by atoms with Gasteiger partial charge in [0.25, 0.3) is 0 Å². The molecule has 0 bridgehead atoms. The molecule has 0 N–H and O–H groups in total. The van der Waals surface area contributed by atoms with Gasteiger partial charge in [-0.25, -0.2) is 0 Å². The van der Waals surface area contributed by atoms with Gasteiger partial charge in [-0.1, -0.05) is 96.8 Å². The van der Waals surface area contributed by atoms with Gasteiger partial charge in [0.1, 0.15) is 18.3 Å². The SMILES string of the molecule is CCCCCCCCCCCCCCCCCC1=C[C@H]2OC(C)(C)O[C@H]2[C@@H]([C@H]2COC(C)(C)O2)O1. The van der Waals surface area contributed by atoms with Crippen LogP contribution >= 0.6 is 0 Å². The molecule has 35 heavy (non-hydrogen) atoms. The lowest BCUT2D eigenvalue weighted by Crippen LogP contribution is -2.48. The van der Waals surface area contributed by atoms with Gasteiger partial charge in [-0.2, -0.15) is 0 Å². The molecule has 3 heterocycles. The highest BCUT2D eigenvalue weighted by Crippen LogP contribution is 2.40. The average molecular weight is 495 g/mol. The summed E-state index contributed by atoms with van der Waals surface area (Å²) in [5.41, 5.74) is 0. The maximum atomic E-state index is 6.44. The van der Waals surface area contributed by atoms with E-state index in [4.69, 9.17) is 23.7 Å². The van der Waals surface area contributed by atoms with Gasteiger partial charge in [-0.3, -0.25) is 0 Å².